The molecule has 13 heavy (non-hydrogen) atoms. The standard InChI is InChI=1S/C4H5N3O6/c1-2(8)5-3(9)4(6(10)11)7(12)13/h4H,1H3,(H,5,8,9). The quantitative estimate of drug-likeness (QED) is 0.329. The summed E-state index contributed by atoms with van der Waals surface area (Å²) in [6, 6.07) is 0. The number of carbonyl (C=O) groups is 2. The smallest absolute Gasteiger partial charge is 0.284 e. The van der Waals surface area contributed by atoms with Crippen LogP contribution in [0.3, 0.4) is 0 Å². The number of amides is 2. The van der Waals surface area contributed by atoms with Gasteiger partial charge in [-0.15, -0.1) is 0 Å². The van der Waals surface area contributed by atoms with E-state index in [0.29, 0.717) is 0 Å². The summed E-state index contributed by atoms with van der Waals surface area (Å²) in [5, 5.41) is 21.4. The highest BCUT2D eigenvalue weighted by Gasteiger charge is 2.42. The minimum atomic E-state index is -2.64. The molecule has 0 aromatic rings. The number of rotatable bonds is 3. The van der Waals surface area contributed by atoms with Crippen LogP contribution in [-0.2, 0) is 9.59 Å². The van der Waals surface area contributed by atoms with Crippen LogP contribution in [0.1, 0.15) is 6.92 Å². The molecule has 0 bridgehead atoms. The zero-order valence-electron chi connectivity index (χ0n) is 6.42. The molecule has 0 rings (SSSR count). The van der Waals surface area contributed by atoms with E-state index in [1.165, 1.54) is 5.32 Å². The van der Waals surface area contributed by atoms with Crippen molar-refractivity contribution in [2.75, 3.05) is 0 Å². The molecular formula is C4H5N3O6. The van der Waals surface area contributed by atoms with Gasteiger partial charge < -0.3 is 0 Å². The second-order valence-electron chi connectivity index (χ2n) is 1.99. The van der Waals surface area contributed by atoms with Gasteiger partial charge in [-0.3, -0.25) is 35.1 Å². The monoisotopic (exact) mass is 191 g/mol. The lowest BCUT2D eigenvalue weighted by Gasteiger charge is -1.99. The molecular weight excluding hydrogens is 186 g/mol. The van der Waals surface area contributed by atoms with Crippen molar-refractivity contribution >= 4 is 11.8 Å². The lowest BCUT2D eigenvalue weighted by Crippen LogP contribution is -2.46. The summed E-state index contributed by atoms with van der Waals surface area (Å²) in [6.45, 7) is 0.912. The highest BCUT2D eigenvalue weighted by Crippen LogP contribution is 1.91. The summed E-state index contributed by atoms with van der Waals surface area (Å²) in [5.41, 5.74) is 0. The van der Waals surface area contributed by atoms with Gasteiger partial charge in [-0.05, 0) is 0 Å². The van der Waals surface area contributed by atoms with E-state index in [1.807, 2.05) is 0 Å². The molecule has 0 atom stereocenters. The molecule has 0 radical (unpaired) electrons. The highest BCUT2D eigenvalue weighted by molar-refractivity contribution is 5.95. The number of hydrogen-bond donors (Lipinski definition) is 1. The van der Waals surface area contributed by atoms with Crippen LogP contribution in [0.5, 0.6) is 0 Å². The van der Waals surface area contributed by atoms with Crippen LogP contribution in [0.2, 0.25) is 0 Å². The van der Waals surface area contributed by atoms with Gasteiger partial charge >= 0.3 is 12.1 Å². The fourth-order valence-corrected chi connectivity index (χ4v) is 0.507. The van der Waals surface area contributed by atoms with E-state index in [-0.39, 0.29) is 0 Å². The summed E-state index contributed by atoms with van der Waals surface area (Å²) in [6.07, 6.45) is -2.64. The van der Waals surface area contributed by atoms with E-state index in [4.69, 9.17) is 0 Å². The Morgan fingerprint density at radius 3 is 1.85 bits per heavy atom. The second kappa shape index (κ2) is 4.09. The number of carbonyl (C=O) groups excluding carboxylic acids is 2. The topological polar surface area (TPSA) is 132 Å². The van der Waals surface area contributed by atoms with Crippen molar-refractivity contribution in [1.29, 1.82) is 0 Å². The van der Waals surface area contributed by atoms with E-state index < -0.39 is 27.8 Å². The lowest BCUT2D eigenvalue weighted by atomic mass is 10.4. The van der Waals surface area contributed by atoms with Gasteiger partial charge in [-0.25, -0.2) is 0 Å². The number of imide groups is 1. The van der Waals surface area contributed by atoms with Crippen LogP contribution in [0.25, 0.3) is 0 Å². The summed E-state index contributed by atoms with van der Waals surface area (Å²) in [5.74, 6) is -2.44. The van der Waals surface area contributed by atoms with Gasteiger partial charge in [0.15, 0.2) is 0 Å². The first-order valence-electron chi connectivity index (χ1n) is 2.94. The molecule has 0 unspecified atom stereocenters. The largest absolute Gasteiger partial charge is 0.527 e. The normalized spacial score (nSPS) is 9.38. The fraction of sp³-hybridized carbons (Fsp3) is 0.500. The molecule has 0 saturated heterocycles. The highest BCUT2D eigenvalue weighted by atomic mass is 16.7. The molecule has 9 nitrogen and oxygen atoms in total. The maximum atomic E-state index is 10.6. The maximum absolute atomic E-state index is 10.6. The van der Waals surface area contributed by atoms with Gasteiger partial charge in [-0.1, -0.05) is 0 Å². The zero-order valence-corrected chi connectivity index (χ0v) is 6.42. The van der Waals surface area contributed by atoms with Crippen molar-refractivity contribution in [3.63, 3.8) is 0 Å². The Hall–Kier alpha value is -2.06. The SMILES string of the molecule is CC(=O)NC(=O)C([N+](=O)[O-])[N+](=O)[O-]. The zero-order chi connectivity index (χ0) is 10.6. The molecule has 0 aliphatic rings. The Labute approximate surface area is 71.0 Å². The Kier molecular flexibility index (Phi) is 3.44. The molecule has 0 aromatic carbocycles. The van der Waals surface area contributed by atoms with Gasteiger partial charge in [0.1, 0.15) is 9.85 Å². The van der Waals surface area contributed by atoms with Gasteiger partial charge in [0.25, 0.3) is 0 Å². The van der Waals surface area contributed by atoms with E-state index >= 15 is 0 Å². The minimum absolute atomic E-state index is 0.890. The molecule has 9 heteroatoms. The predicted molar refractivity (Wildman–Crippen MR) is 36.6 cm³/mol. The van der Waals surface area contributed by atoms with Gasteiger partial charge in [-0.2, -0.15) is 0 Å². The van der Waals surface area contributed by atoms with Crippen LogP contribution < -0.4 is 5.32 Å². The molecule has 0 heterocycles. The van der Waals surface area contributed by atoms with Crippen molar-refractivity contribution < 1.29 is 19.4 Å². The molecule has 0 fully saturated rings. The Morgan fingerprint density at radius 1 is 1.23 bits per heavy atom. The maximum Gasteiger partial charge on any atom is 0.527 e. The average molecular weight is 191 g/mol. The first kappa shape index (κ1) is 10.9. The molecule has 0 aliphatic heterocycles. The van der Waals surface area contributed by atoms with Crippen LogP contribution in [0.4, 0.5) is 0 Å². The van der Waals surface area contributed by atoms with Gasteiger partial charge in [0.2, 0.25) is 5.91 Å². The van der Waals surface area contributed by atoms with Crippen molar-refractivity contribution in [3.8, 4) is 0 Å². The summed E-state index contributed by atoms with van der Waals surface area (Å²) in [7, 11) is 0. The summed E-state index contributed by atoms with van der Waals surface area (Å²) < 4.78 is 0. The number of nitrogens with one attached hydrogen (secondary N) is 1. The van der Waals surface area contributed by atoms with Crippen LogP contribution in [0.15, 0.2) is 0 Å². The fourth-order valence-electron chi connectivity index (χ4n) is 0.507. The van der Waals surface area contributed by atoms with Crippen molar-refractivity contribution in [1.82, 2.24) is 5.32 Å². The number of nitro groups is 2. The first-order chi connectivity index (χ1) is 5.86. The van der Waals surface area contributed by atoms with Crippen LogP contribution in [-0.4, -0.2) is 27.8 Å². The molecule has 2 amide bonds. The van der Waals surface area contributed by atoms with E-state index in [0.717, 1.165) is 6.92 Å². The number of hydrogen-bond acceptors (Lipinski definition) is 6. The van der Waals surface area contributed by atoms with Crippen LogP contribution in [0, 0.1) is 20.2 Å². The molecule has 1 N–H and O–H groups in total. The third-order valence-electron chi connectivity index (χ3n) is 0.933. The van der Waals surface area contributed by atoms with Crippen molar-refractivity contribution in [3.05, 3.63) is 20.2 Å². The predicted octanol–water partition coefficient (Wildman–Crippen LogP) is -1.47. The lowest BCUT2D eigenvalue weighted by molar-refractivity contribution is -0.723. The molecule has 72 valence electrons. The Bertz CT molecular complexity index is 259. The minimum Gasteiger partial charge on any atom is -0.284 e. The number of nitrogens with zero attached hydrogens (tertiary/aromatic N) is 2. The molecule has 0 aliphatic carbocycles. The third kappa shape index (κ3) is 3.22. The molecule has 0 spiro atoms. The van der Waals surface area contributed by atoms with E-state index in [1.54, 1.807) is 0 Å². The van der Waals surface area contributed by atoms with Crippen LogP contribution >= 0.6 is 0 Å². The molecule has 0 saturated carbocycles. The van der Waals surface area contributed by atoms with Crippen molar-refractivity contribution in [2.24, 2.45) is 0 Å². The Morgan fingerprint density at radius 2 is 1.62 bits per heavy atom. The Balaban J connectivity index is 4.57. The van der Waals surface area contributed by atoms with E-state index in [9.17, 15) is 29.8 Å². The summed E-state index contributed by atoms with van der Waals surface area (Å²) in [4.78, 5) is 38.0. The van der Waals surface area contributed by atoms with Gasteiger partial charge in [0.05, 0.1) is 0 Å². The first-order valence-corrected chi connectivity index (χ1v) is 2.94. The molecule has 0 aromatic heterocycles. The second-order valence-corrected chi connectivity index (χ2v) is 1.99. The van der Waals surface area contributed by atoms with Crippen molar-refractivity contribution in [2.45, 2.75) is 13.1 Å². The van der Waals surface area contributed by atoms with E-state index in [2.05, 4.69) is 0 Å². The third-order valence-corrected chi connectivity index (χ3v) is 0.933. The van der Waals surface area contributed by atoms with Gasteiger partial charge in [0, 0.05) is 6.92 Å². The summed E-state index contributed by atoms with van der Waals surface area (Å²) >= 11 is 0. The average Bonchev–Trinajstić information content (AvgIpc) is 1.81.